The first-order valence-corrected chi connectivity index (χ1v) is 9.96. The lowest BCUT2D eigenvalue weighted by Crippen LogP contribution is -2.24. The third-order valence-corrected chi connectivity index (χ3v) is 4.88. The lowest BCUT2D eigenvalue weighted by atomic mass is 10.0. The van der Waals surface area contributed by atoms with Crippen LogP contribution >= 0.6 is 0 Å². The summed E-state index contributed by atoms with van der Waals surface area (Å²) in [5, 5.41) is 0. The molecule has 2 nitrogen and oxygen atoms in total. The second kappa shape index (κ2) is 11.2. The molecule has 0 amide bonds. The van der Waals surface area contributed by atoms with E-state index in [1.165, 1.54) is 17.7 Å². The number of hydrogen-bond donors (Lipinski definition) is 0. The molecule has 0 N–H and O–H groups in total. The van der Waals surface area contributed by atoms with Gasteiger partial charge in [-0.05, 0) is 55.1 Å². The Kier molecular flexibility index (Phi) is 9.00. The van der Waals surface area contributed by atoms with Crippen LogP contribution in [0.3, 0.4) is 0 Å². The van der Waals surface area contributed by atoms with E-state index in [-0.39, 0.29) is 0 Å². The monoisotopic (exact) mass is 393 g/mol. The maximum absolute atomic E-state index is 12.8. The van der Waals surface area contributed by atoms with E-state index in [9.17, 15) is 13.2 Å². The van der Waals surface area contributed by atoms with Crippen LogP contribution in [0.5, 0.6) is 0 Å². The summed E-state index contributed by atoms with van der Waals surface area (Å²) in [4.78, 5) is 2.38. The van der Waals surface area contributed by atoms with Crippen LogP contribution in [-0.2, 0) is 23.8 Å². The average Bonchev–Trinajstić information content (AvgIpc) is 2.68. The van der Waals surface area contributed by atoms with Gasteiger partial charge in [0, 0.05) is 13.2 Å². The highest BCUT2D eigenvalue weighted by Crippen LogP contribution is 2.30. The molecule has 0 radical (unpaired) electrons. The molecule has 0 bridgehead atoms. The molecule has 0 heterocycles. The molecule has 0 fully saturated rings. The predicted octanol–water partition coefficient (Wildman–Crippen LogP) is 5.59. The van der Waals surface area contributed by atoms with E-state index in [0.29, 0.717) is 18.6 Å². The number of nitrogens with zero attached hydrogens (tertiary/aromatic N) is 1. The van der Waals surface area contributed by atoms with E-state index in [0.717, 1.165) is 50.7 Å². The third-order valence-electron chi connectivity index (χ3n) is 4.88. The fourth-order valence-electron chi connectivity index (χ4n) is 3.14. The van der Waals surface area contributed by atoms with Crippen molar-refractivity contribution in [2.45, 2.75) is 39.3 Å². The maximum atomic E-state index is 12.8. The van der Waals surface area contributed by atoms with Crippen LogP contribution < -0.4 is 0 Å². The van der Waals surface area contributed by atoms with E-state index in [4.69, 9.17) is 4.74 Å². The van der Waals surface area contributed by atoms with E-state index in [2.05, 4.69) is 18.7 Å². The number of benzene rings is 2. The second-order valence-corrected chi connectivity index (χ2v) is 6.93. The van der Waals surface area contributed by atoms with Gasteiger partial charge in [-0.25, -0.2) is 0 Å². The van der Waals surface area contributed by atoms with Crippen molar-refractivity contribution >= 4 is 0 Å². The summed E-state index contributed by atoms with van der Waals surface area (Å²) in [5.74, 6) is 0. The van der Waals surface area contributed by atoms with Crippen molar-refractivity contribution in [3.05, 3.63) is 70.8 Å². The Hall–Kier alpha value is -1.85. The fraction of sp³-hybridized carbons (Fsp3) is 0.478. The number of hydrogen-bond acceptors (Lipinski definition) is 2. The van der Waals surface area contributed by atoms with Gasteiger partial charge in [0.2, 0.25) is 0 Å². The summed E-state index contributed by atoms with van der Waals surface area (Å²) in [6, 6.07) is 13.5. The van der Waals surface area contributed by atoms with Gasteiger partial charge in [-0.1, -0.05) is 56.3 Å². The topological polar surface area (TPSA) is 12.5 Å². The molecule has 5 heteroatoms. The number of alkyl halides is 3. The molecule has 0 saturated carbocycles. The Morgan fingerprint density at radius 2 is 1.54 bits per heavy atom. The zero-order valence-electron chi connectivity index (χ0n) is 16.8. The molecule has 0 unspecified atom stereocenters. The van der Waals surface area contributed by atoms with E-state index in [1.807, 2.05) is 24.3 Å². The standard InChI is InChI=1S/C23H30F3NO/c1-3-27(4-2)14-6-15-28-16-13-19-9-11-20(12-10-19)17-21-7-5-8-22(18-21)23(24,25)26/h5,7-12,18H,3-4,6,13-17H2,1-2H3. The quantitative estimate of drug-likeness (QED) is 0.462. The Balaban J connectivity index is 1.75. The Labute approximate surface area is 166 Å². The molecule has 154 valence electrons. The van der Waals surface area contributed by atoms with Gasteiger partial charge < -0.3 is 9.64 Å². The molecule has 0 spiro atoms. The zero-order valence-corrected chi connectivity index (χ0v) is 16.8. The van der Waals surface area contributed by atoms with Gasteiger partial charge >= 0.3 is 6.18 Å². The summed E-state index contributed by atoms with van der Waals surface area (Å²) in [7, 11) is 0. The largest absolute Gasteiger partial charge is 0.416 e. The normalized spacial score (nSPS) is 11.9. The van der Waals surface area contributed by atoms with Crippen molar-refractivity contribution in [3.63, 3.8) is 0 Å². The van der Waals surface area contributed by atoms with Crippen LogP contribution in [-0.4, -0.2) is 37.7 Å². The lowest BCUT2D eigenvalue weighted by Gasteiger charge is -2.17. The van der Waals surface area contributed by atoms with E-state index < -0.39 is 11.7 Å². The van der Waals surface area contributed by atoms with Crippen molar-refractivity contribution in [2.24, 2.45) is 0 Å². The van der Waals surface area contributed by atoms with Gasteiger partial charge in [0.05, 0.1) is 12.2 Å². The third kappa shape index (κ3) is 7.64. The molecule has 0 atom stereocenters. The van der Waals surface area contributed by atoms with Crippen LogP contribution in [0.1, 0.15) is 42.5 Å². The van der Waals surface area contributed by atoms with E-state index in [1.54, 1.807) is 6.07 Å². The van der Waals surface area contributed by atoms with Crippen molar-refractivity contribution in [1.82, 2.24) is 4.90 Å². The molecule has 2 rings (SSSR count). The van der Waals surface area contributed by atoms with Gasteiger partial charge in [0.25, 0.3) is 0 Å². The van der Waals surface area contributed by atoms with Gasteiger partial charge in [-0.15, -0.1) is 0 Å². The molecule has 2 aromatic carbocycles. The van der Waals surface area contributed by atoms with Crippen LogP contribution in [0.15, 0.2) is 48.5 Å². The molecule has 2 aromatic rings. The smallest absolute Gasteiger partial charge is 0.381 e. The minimum Gasteiger partial charge on any atom is -0.381 e. The highest BCUT2D eigenvalue weighted by molar-refractivity contribution is 5.32. The van der Waals surface area contributed by atoms with Crippen molar-refractivity contribution < 1.29 is 17.9 Å². The van der Waals surface area contributed by atoms with Gasteiger partial charge in [-0.2, -0.15) is 13.2 Å². The van der Waals surface area contributed by atoms with Crippen LogP contribution in [0, 0.1) is 0 Å². The SMILES string of the molecule is CCN(CC)CCCOCCc1ccc(Cc2cccc(C(F)(F)F)c2)cc1. The summed E-state index contributed by atoms with van der Waals surface area (Å²) < 4.78 is 44.2. The molecule has 0 aliphatic rings. The van der Waals surface area contributed by atoms with Crippen molar-refractivity contribution in [2.75, 3.05) is 32.8 Å². The number of rotatable bonds is 11. The Bertz CT molecular complexity index is 694. The minimum absolute atomic E-state index is 0.492. The summed E-state index contributed by atoms with van der Waals surface area (Å²) in [6.45, 7) is 9.00. The molecule has 28 heavy (non-hydrogen) atoms. The molecule has 0 aliphatic heterocycles. The predicted molar refractivity (Wildman–Crippen MR) is 108 cm³/mol. The maximum Gasteiger partial charge on any atom is 0.416 e. The van der Waals surface area contributed by atoms with Crippen LogP contribution in [0.4, 0.5) is 13.2 Å². The summed E-state index contributed by atoms with van der Waals surface area (Å²) in [6.07, 6.45) is -1.93. The minimum atomic E-state index is -4.30. The highest BCUT2D eigenvalue weighted by atomic mass is 19.4. The molecule has 0 aromatic heterocycles. The Morgan fingerprint density at radius 3 is 2.18 bits per heavy atom. The first kappa shape index (κ1) is 22.4. The molecule has 0 saturated heterocycles. The Morgan fingerprint density at radius 1 is 0.857 bits per heavy atom. The van der Waals surface area contributed by atoms with Crippen LogP contribution in [0.2, 0.25) is 0 Å². The number of ether oxygens (including phenoxy) is 1. The first-order chi connectivity index (χ1) is 13.4. The van der Waals surface area contributed by atoms with E-state index >= 15 is 0 Å². The lowest BCUT2D eigenvalue weighted by molar-refractivity contribution is -0.137. The van der Waals surface area contributed by atoms with Crippen molar-refractivity contribution in [3.8, 4) is 0 Å². The summed E-state index contributed by atoms with van der Waals surface area (Å²) >= 11 is 0. The second-order valence-electron chi connectivity index (χ2n) is 6.93. The van der Waals surface area contributed by atoms with Gasteiger partial charge in [-0.3, -0.25) is 0 Å². The molecular weight excluding hydrogens is 363 g/mol. The molecular formula is C23H30F3NO. The van der Waals surface area contributed by atoms with Gasteiger partial charge in [0.15, 0.2) is 0 Å². The first-order valence-electron chi connectivity index (χ1n) is 9.96. The van der Waals surface area contributed by atoms with Gasteiger partial charge in [0.1, 0.15) is 0 Å². The average molecular weight is 393 g/mol. The van der Waals surface area contributed by atoms with Crippen LogP contribution in [0.25, 0.3) is 0 Å². The molecule has 0 aliphatic carbocycles. The van der Waals surface area contributed by atoms with Crippen molar-refractivity contribution in [1.29, 1.82) is 0 Å². The summed E-state index contributed by atoms with van der Waals surface area (Å²) in [5.41, 5.74) is 2.25. The highest BCUT2D eigenvalue weighted by Gasteiger charge is 2.30. The number of halogens is 3. The fourth-order valence-corrected chi connectivity index (χ4v) is 3.14. The zero-order chi connectivity index (χ0) is 20.4.